The number of guanidine groups is 1. The minimum atomic E-state index is -0.446. The molecule has 1 heterocycles. The minimum absolute atomic E-state index is 0.0588. The standard InChI is InChI=1S/C21H32F2N4/c1-4-24-21(27-11-10-15(14-27)13-26(5-2)6-3)25-19-12-16(19)20-17(22)8-7-9-18(20)23/h7-9,15-16,19H,4-6,10-14H2,1-3H3,(H,24,25). The van der Waals surface area contributed by atoms with Gasteiger partial charge in [0.05, 0.1) is 0 Å². The zero-order chi connectivity index (χ0) is 19.4. The van der Waals surface area contributed by atoms with Gasteiger partial charge < -0.3 is 15.1 Å². The molecule has 0 spiro atoms. The van der Waals surface area contributed by atoms with E-state index >= 15 is 0 Å². The number of aliphatic imine (C=N–C) groups is 1. The van der Waals surface area contributed by atoms with Crippen LogP contribution in [0.25, 0.3) is 0 Å². The highest BCUT2D eigenvalue weighted by molar-refractivity contribution is 5.81. The Kier molecular flexibility index (Phi) is 6.68. The molecule has 3 unspecified atom stereocenters. The molecule has 1 aromatic rings. The van der Waals surface area contributed by atoms with Crippen LogP contribution in [0.4, 0.5) is 8.78 Å². The van der Waals surface area contributed by atoms with E-state index < -0.39 is 11.6 Å². The fourth-order valence-corrected chi connectivity index (χ4v) is 4.11. The van der Waals surface area contributed by atoms with Crippen LogP contribution >= 0.6 is 0 Å². The molecule has 1 aromatic carbocycles. The fraction of sp³-hybridized carbons (Fsp3) is 0.667. The van der Waals surface area contributed by atoms with Crippen molar-refractivity contribution in [1.82, 2.24) is 15.1 Å². The molecule has 2 fully saturated rings. The van der Waals surface area contributed by atoms with Gasteiger partial charge in [-0.2, -0.15) is 0 Å². The summed E-state index contributed by atoms with van der Waals surface area (Å²) < 4.78 is 28.1. The third kappa shape index (κ3) is 4.78. The third-order valence-electron chi connectivity index (χ3n) is 5.78. The van der Waals surface area contributed by atoms with Gasteiger partial charge in [-0.3, -0.25) is 4.99 Å². The number of benzene rings is 1. The normalized spacial score (nSPS) is 25.3. The van der Waals surface area contributed by atoms with Gasteiger partial charge in [-0.1, -0.05) is 19.9 Å². The summed E-state index contributed by atoms with van der Waals surface area (Å²) in [5.74, 6) is 0.538. The first-order valence-electron chi connectivity index (χ1n) is 10.3. The third-order valence-corrected chi connectivity index (χ3v) is 5.78. The second kappa shape index (κ2) is 9.00. The number of hydrogen-bond donors (Lipinski definition) is 1. The summed E-state index contributed by atoms with van der Waals surface area (Å²) in [5.41, 5.74) is 0.215. The van der Waals surface area contributed by atoms with Crippen molar-refractivity contribution < 1.29 is 8.78 Å². The Morgan fingerprint density at radius 2 is 1.93 bits per heavy atom. The molecule has 27 heavy (non-hydrogen) atoms. The summed E-state index contributed by atoms with van der Waals surface area (Å²) >= 11 is 0. The molecule has 1 N–H and O–H groups in total. The lowest BCUT2D eigenvalue weighted by Crippen LogP contribution is -2.42. The average Bonchev–Trinajstić information content (AvgIpc) is 3.23. The lowest BCUT2D eigenvalue weighted by Gasteiger charge is -2.24. The van der Waals surface area contributed by atoms with E-state index in [0.717, 1.165) is 51.5 Å². The quantitative estimate of drug-likeness (QED) is 0.582. The van der Waals surface area contributed by atoms with Crippen LogP contribution in [0, 0.1) is 17.6 Å². The average molecular weight is 379 g/mol. The van der Waals surface area contributed by atoms with Crippen LogP contribution in [0.2, 0.25) is 0 Å². The lowest BCUT2D eigenvalue weighted by molar-refractivity contribution is 0.255. The van der Waals surface area contributed by atoms with E-state index in [4.69, 9.17) is 0 Å². The molecular formula is C21H32F2N4. The molecule has 4 nitrogen and oxygen atoms in total. The predicted octanol–water partition coefficient (Wildman–Crippen LogP) is 3.45. The summed E-state index contributed by atoms with van der Waals surface area (Å²) in [6.45, 7) is 12.4. The molecule has 3 atom stereocenters. The number of halogens is 2. The van der Waals surface area contributed by atoms with Crippen LogP contribution in [0.5, 0.6) is 0 Å². The van der Waals surface area contributed by atoms with Gasteiger partial charge in [0.25, 0.3) is 0 Å². The number of nitrogens with zero attached hydrogens (tertiary/aromatic N) is 3. The number of likely N-dealkylation sites (tertiary alicyclic amines) is 1. The largest absolute Gasteiger partial charge is 0.353 e. The second-order valence-corrected chi connectivity index (χ2v) is 7.61. The van der Waals surface area contributed by atoms with Gasteiger partial charge in [-0.15, -0.1) is 0 Å². The zero-order valence-electron chi connectivity index (χ0n) is 16.7. The molecule has 0 amide bonds. The van der Waals surface area contributed by atoms with E-state index in [2.05, 4.69) is 34.0 Å². The van der Waals surface area contributed by atoms with Crippen molar-refractivity contribution in [2.75, 3.05) is 39.3 Å². The van der Waals surface area contributed by atoms with Crippen molar-refractivity contribution in [3.8, 4) is 0 Å². The minimum Gasteiger partial charge on any atom is -0.353 e. The highest BCUT2D eigenvalue weighted by atomic mass is 19.1. The van der Waals surface area contributed by atoms with Gasteiger partial charge in [0.2, 0.25) is 0 Å². The first-order chi connectivity index (χ1) is 13.1. The molecule has 0 radical (unpaired) electrons. The molecule has 1 saturated heterocycles. The Morgan fingerprint density at radius 1 is 1.22 bits per heavy atom. The van der Waals surface area contributed by atoms with E-state index in [1.807, 2.05) is 6.92 Å². The van der Waals surface area contributed by atoms with Gasteiger partial charge in [-0.05, 0) is 50.9 Å². The van der Waals surface area contributed by atoms with E-state index in [0.29, 0.717) is 12.5 Å². The highest BCUT2D eigenvalue weighted by Crippen LogP contribution is 2.43. The molecule has 6 heteroatoms. The Labute approximate surface area is 161 Å². The maximum atomic E-state index is 14.0. The molecule has 3 rings (SSSR count). The van der Waals surface area contributed by atoms with E-state index in [9.17, 15) is 8.78 Å². The second-order valence-electron chi connectivity index (χ2n) is 7.61. The van der Waals surface area contributed by atoms with Crippen molar-refractivity contribution in [3.63, 3.8) is 0 Å². The summed E-state index contributed by atoms with van der Waals surface area (Å²) in [6, 6.07) is 4.16. The van der Waals surface area contributed by atoms with E-state index in [1.165, 1.54) is 18.2 Å². The Morgan fingerprint density at radius 3 is 2.56 bits per heavy atom. The van der Waals surface area contributed by atoms with Crippen LogP contribution in [-0.2, 0) is 0 Å². The maximum absolute atomic E-state index is 14.0. The first kappa shape index (κ1) is 20.1. The molecule has 150 valence electrons. The summed E-state index contributed by atoms with van der Waals surface area (Å²) in [6.07, 6.45) is 1.91. The van der Waals surface area contributed by atoms with Gasteiger partial charge in [0.1, 0.15) is 11.6 Å². The van der Waals surface area contributed by atoms with Crippen LogP contribution in [0.15, 0.2) is 23.2 Å². The molecule has 2 aliphatic rings. The van der Waals surface area contributed by atoms with Gasteiger partial charge in [0, 0.05) is 43.7 Å². The molecule has 1 aliphatic heterocycles. The molecule has 1 aliphatic carbocycles. The SMILES string of the molecule is CCN=C(NC1CC1c1c(F)cccc1F)N1CCC(CN(CC)CC)C1. The zero-order valence-corrected chi connectivity index (χ0v) is 16.7. The van der Waals surface area contributed by atoms with Crippen molar-refractivity contribution in [1.29, 1.82) is 0 Å². The van der Waals surface area contributed by atoms with Crippen LogP contribution in [0.1, 0.15) is 45.1 Å². The van der Waals surface area contributed by atoms with Crippen molar-refractivity contribution >= 4 is 5.96 Å². The van der Waals surface area contributed by atoms with Crippen LogP contribution < -0.4 is 5.32 Å². The smallest absolute Gasteiger partial charge is 0.194 e. The van der Waals surface area contributed by atoms with Crippen LogP contribution in [0.3, 0.4) is 0 Å². The molecule has 1 saturated carbocycles. The Balaban J connectivity index is 1.59. The number of hydrogen-bond acceptors (Lipinski definition) is 2. The molecule has 0 aromatic heterocycles. The number of rotatable bonds is 7. The maximum Gasteiger partial charge on any atom is 0.194 e. The summed E-state index contributed by atoms with van der Waals surface area (Å²) in [7, 11) is 0. The Hall–Kier alpha value is -1.69. The van der Waals surface area contributed by atoms with Crippen molar-refractivity contribution in [3.05, 3.63) is 35.4 Å². The topological polar surface area (TPSA) is 30.9 Å². The number of nitrogens with one attached hydrogen (secondary N) is 1. The van der Waals surface area contributed by atoms with E-state index in [-0.39, 0.29) is 17.5 Å². The molecular weight excluding hydrogens is 346 g/mol. The predicted molar refractivity (Wildman–Crippen MR) is 106 cm³/mol. The summed E-state index contributed by atoms with van der Waals surface area (Å²) in [5, 5.41) is 3.47. The highest BCUT2D eigenvalue weighted by Gasteiger charge is 2.43. The first-order valence-corrected chi connectivity index (χ1v) is 10.3. The van der Waals surface area contributed by atoms with Crippen molar-refractivity contribution in [2.45, 2.75) is 45.6 Å². The summed E-state index contributed by atoms with van der Waals surface area (Å²) in [4.78, 5) is 9.42. The fourth-order valence-electron chi connectivity index (χ4n) is 4.11. The lowest BCUT2D eigenvalue weighted by atomic mass is 10.1. The van der Waals surface area contributed by atoms with Crippen molar-refractivity contribution in [2.24, 2.45) is 10.9 Å². The van der Waals surface area contributed by atoms with Crippen LogP contribution in [-0.4, -0.2) is 61.1 Å². The van der Waals surface area contributed by atoms with E-state index in [1.54, 1.807) is 0 Å². The monoisotopic (exact) mass is 378 g/mol. The molecule has 0 bridgehead atoms. The van der Waals surface area contributed by atoms with Gasteiger partial charge in [0.15, 0.2) is 5.96 Å². The van der Waals surface area contributed by atoms with Gasteiger partial charge in [-0.25, -0.2) is 8.78 Å². The van der Waals surface area contributed by atoms with Gasteiger partial charge >= 0.3 is 0 Å². The Bertz CT molecular complexity index is 639.